The van der Waals surface area contributed by atoms with Crippen LogP contribution < -0.4 is 10.1 Å². The molecule has 0 saturated heterocycles. The second kappa shape index (κ2) is 15.6. The van der Waals surface area contributed by atoms with Crippen LogP contribution in [0.5, 0.6) is 5.75 Å². The Hall–Kier alpha value is -2.28. The van der Waals surface area contributed by atoms with Crippen LogP contribution in [-0.4, -0.2) is 30.9 Å². The number of amides is 1. The monoisotopic (exact) mass is 499 g/mol. The molecule has 0 fully saturated rings. The first-order valence-electron chi connectivity index (χ1n) is 12.0. The normalized spacial score (nSPS) is 11.9. The van der Waals surface area contributed by atoms with Crippen molar-refractivity contribution in [3.63, 3.8) is 0 Å². The molecule has 8 heteroatoms. The average molecular weight is 500 g/mol. The van der Waals surface area contributed by atoms with E-state index in [2.05, 4.69) is 18.8 Å². The molecule has 6 nitrogen and oxygen atoms in total. The number of anilines is 1. The van der Waals surface area contributed by atoms with Gasteiger partial charge in [0, 0.05) is 6.07 Å². The van der Waals surface area contributed by atoms with Crippen molar-refractivity contribution in [3.05, 3.63) is 35.1 Å². The van der Waals surface area contributed by atoms with Gasteiger partial charge in [-0.05, 0) is 44.2 Å². The summed E-state index contributed by atoms with van der Waals surface area (Å²) in [5.74, 6) is -1.12. The lowest BCUT2D eigenvalue weighted by molar-refractivity contribution is -0.152. The number of hydrogen-bond acceptors (Lipinski definition) is 5. The van der Waals surface area contributed by atoms with Crippen LogP contribution in [0.1, 0.15) is 79.6 Å². The molecule has 192 valence electrons. The summed E-state index contributed by atoms with van der Waals surface area (Å²) in [6.07, 6.45) is 4.47. The van der Waals surface area contributed by atoms with E-state index in [0.717, 1.165) is 31.7 Å². The molecular formula is C26H39ClFNO5. The zero-order valence-corrected chi connectivity index (χ0v) is 21.8. The van der Waals surface area contributed by atoms with Gasteiger partial charge in [-0.2, -0.15) is 0 Å². The van der Waals surface area contributed by atoms with Crippen LogP contribution in [0.4, 0.5) is 14.9 Å². The van der Waals surface area contributed by atoms with E-state index in [0.29, 0.717) is 12.0 Å². The van der Waals surface area contributed by atoms with Gasteiger partial charge in [0.1, 0.15) is 11.6 Å². The predicted molar refractivity (Wildman–Crippen MR) is 134 cm³/mol. The van der Waals surface area contributed by atoms with Gasteiger partial charge >= 0.3 is 12.1 Å². The van der Waals surface area contributed by atoms with Gasteiger partial charge in [0.2, 0.25) is 6.10 Å². The molecule has 1 N–H and O–H groups in total. The number of carbonyl (C=O) groups excluding carboxylic acids is 2. The van der Waals surface area contributed by atoms with E-state index < -0.39 is 24.0 Å². The summed E-state index contributed by atoms with van der Waals surface area (Å²) >= 11 is 6.02. The zero-order chi connectivity index (χ0) is 25.7. The number of unbranched alkanes of at least 4 members (excludes halogenated alkanes) is 5. The molecule has 1 aromatic rings. The molecule has 0 aliphatic heterocycles. The van der Waals surface area contributed by atoms with Crippen LogP contribution >= 0.6 is 11.6 Å². The third-order valence-corrected chi connectivity index (χ3v) is 5.14. The van der Waals surface area contributed by atoms with Crippen LogP contribution in [-0.2, 0) is 14.3 Å². The highest BCUT2D eigenvalue weighted by atomic mass is 35.5. The first kappa shape index (κ1) is 29.8. The maximum Gasteiger partial charge on any atom is 0.412 e. The molecule has 0 bridgehead atoms. The molecule has 0 saturated carbocycles. The maximum absolute atomic E-state index is 14.4. The van der Waals surface area contributed by atoms with Gasteiger partial charge in [-0.25, -0.2) is 14.0 Å². The molecule has 0 heterocycles. The van der Waals surface area contributed by atoms with Crippen LogP contribution in [0.25, 0.3) is 0 Å². The van der Waals surface area contributed by atoms with Crippen molar-refractivity contribution in [2.24, 2.45) is 5.92 Å². The quantitative estimate of drug-likeness (QED) is 0.152. The van der Waals surface area contributed by atoms with Crippen molar-refractivity contribution >= 4 is 29.4 Å². The second-order valence-electron chi connectivity index (χ2n) is 9.04. The number of halogens is 2. The average Bonchev–Trinajstić information content (AvgIpc) is 2.75. The largest absolute Gasteiger partial charge is 0.489 e. The fraction of sp³-hybridized carbons (Fsp3) is 0.615. The molecule has 1 atom stereocenters. The van der Waals surface area contributed by atoms with Crippen molar-refractivity contribution in [1.29, 1.82) is 0 Å². The van der Waals surface area contributed by atoms with Gasteiger partial charge in [-0.1, -0.05) is 71.1 Å². The Labute approximate surface area is 208 Å². The number of hydrogen-bond donors (Lipinski definition) is 1. The zero-order valence-electron chi connectivity index (χ0n) is 21.0. The molecule has 0 aliphatic carbocycles. The van der Waals surface area contributed by atoms with Gasteiger partial charge in [0.15, 0.2) is 0 Å². The number of ether oxygens (including phenoxy) is 3. The second-order valence-corrected chi connectivity index (χ2v) is 9.45. The molecule has 0 radical (unpaired) electrons. The lowest BCUT2D eigenvalue weighted by Gasteiger charge is -2.20. The summed E-state index contributed by atoms with van der Waals surface area (Å²) in [5.41, 5.74) is 0.265. The van der Waals surface area contributed by atoms with E-state index in [1.165, 1.54) is 18.9 Å². The van der Waals surface area contributed by atoms with E-state index in [1.54, 1.807) is 13.8 Å². The van der Waals surface area contributed by atoms with Crippen LogP contribution in [0, 0.1) is 11.7 Å². The lowest BCUT2D eigenvalue weighted by Crippen LogP contribution is -2.33. The fourth-order valence-corrected chi connectivity index (χ4v) is 3.30. The van der Waals surface area contributed by atoms with Crippen molar-refractivity contribution in [1.82, 2.24) is 0 Å². The maximum atomic E-state index is 14.4. The lowest BCUT2D eigenvalue weighted by atomic mass is 10.0. The molecule has 1 amide bonds. The number of rotatable bonds is 15. The Balaban J connectivity index is 2.86. The number of nitrogens with one attached hydrogen (secondary N) is 1. The van der Waals surface area contributed by atoms with E-state index in [1.807, 2.05) is 13.8 Å². The smallest absolute Gasteiger partial charge is 0.412 e. The van der Waals surface area contributed by atoms with E-state index >= 15 is 0 Å². The van der Waals surface area contributed by atoms with E-state index in [9.17, 15) is 14.0 Å². The minimum absolute atomic E-state index is 0.0765. The Bertz CT molecular complexity index is 813. The summed E-state index contributed by atoms with van der Waals surface area (Å²) in [6.45, 7) is 13.7. The third kappa shape index (κ3) is 11.2. The summed E-state index contributed by atoms with van der Waals surface area (Å²) in [5, 5.41) is 2.40. The highest BCUT2D eigenvalue weighted by Gasteiger charge is 2.28. The molecule has 1 rings (SSSR count). The Morgan fingerprint density at radius 3 is 2.35 bits per heavy atom. The molecular weight excluding hydrogens is 461 g/mol. The minimum Gasteiger partial charge on any atom is -0.489 e. The van der Waals surface area contributed by atoms with Gasteiger partial charge in [0.25, 0.3) is 0 Å². The highest BCUT2D eigenvalue weighted by molar-refractivity contribution is 6.32. The van der Waals surface area contributed by atoms with Crippen LogP contribution in [0.2, 0.25) is 5.02 Å². The van der Waals surface area contributed by atoms with Crippen molar-refractivity contribution < 1.29 is 28.2 Å². The van der Waals surface area contributed by atoms with E-state index in [4.69, 9.17) is 25.8 Å². The van der Waals surface area contributed by atoms with Crippen LogP contribution in [0.3, 0.4) is 0 Å². The molecule has 1 aromatic carbocycles. The topological polar surface area (TPSA) is 73.9 Å². The van der Waals surface area contributed by atoms with Crippen LogP contribution in [0.15, 0.2) is 24.3 Å². The fourth-order valence-electron chi connectivity index (χ4n) is 3.10. The van der Waals surface area contributed by atoms with Crippen molar-refractivity contribution in [3.8, 4) is 5.75 Å². The summed E-state index contributed by atoms with van der Waals surface area (Å²) < 4.78 is 30.5. The molecule has 0 aromatic heterocycles. The summed E-state index contributed by atoms with van der Waals surface area (Å²) in [7, 11) is 0. The van der Waals surface area contributed by atoms with Gasteiger partial charge in [-0.15, -0.1) is 0 Å². The predicted octanol–water partition coefficient (Wildman–Crippen LogP) is 7.69. The SMILES string of the molecule is C=C(CCCCCCCC)C(OC(=O)Nc1cc(OC(C)C)c(Cl)cc1F)C(=O)OCC(C)C. The van der Waals surface area contributed by atoms with Gasteiger partial charge < -0.3 is 14.2 Å². The molecule has 1 unspecified atom stereocenters. The minimum atomic E-state index is -1.28. The van der Waals surface area contributed by atoms with E-state index in [-0.39, 0.29) is 35.1 Å². The standard InChI is InChI=1S/C26H39ClFNO5/c1-7-8-9-10-11-12-13-19(6)24(25(30)32-16-17(2)3)34-26(31)29-22-15-23(33-18(4)5)20(27)14-21(22)28/h14-15,17-18,24H,6-13,16H2,1-5H3,(H,29,31). The molecule has 0 spiro atoms. The third-order valence-electron chi connectivity index (χ3n) is 4.84. The van der Waals surface area contributed by atoms with Gasteiger partial charge in [0.05, 0.1) is 23.4 Å². The summed E-state index contributed by atoms with van der Waals surface area (Å²) in [4.78, 5) is 25.2. The van der Waals surface area contributed by atoms with Crippen molar-refractivity contribution in [2.45, 2.75) is 91.8 Å². The Kier molecular flexibility index (Phi) is 13.6. The first-order valence-corrected chi connectivity index (χ1v) is 12.4. The van der Waals surface area contributed by atoms with Crippen molar-refractivity contribution in [2.75, 3.05) is 11.9 Å². The van der Waals surface area contributed by atoms with Gasteiger partial charge in [-0.3, -0.25) is 5.32 Å². The molecule has 0 aliphatic rings. The number of esters is 1. The number of benzene rings is 1. The first-order chi connectivity index (χ1) is 16.0. The molecule has 34 heavy (non-hydrogen) atoms. The highest BCUT2D eigenvalue weighted by Crippen LogP contribution is 2.31. The Morgan fingerprint density at radius 2 is 1.74 bits per heavy atom. The Morgan fingerprint density at radius 1 is 1.09 bits per heavy atom. The number of carbonyl (C=O) groups is 2. The summed E-state index contributed by atoms with van der Waals surface area (Å²) in [6, 6.07) is 2.32.